The second kappa shape index (κ2) is 7.51. The third kappa shape index (κ3) is 3.29. The molecule has 0 aliphatic carbocycles. The average molecular weight is 382 g/mol. The Kier molecular flexibility index (Phi) is 5.25. The highest BCUT2D eigenvalue weighted by molar-refractivity contribution is 7.92. The van der Waals surface area contributed by atoms with Crippen molar-refractivity contribution in [1.82, 2.24) is 4.90 Å². The maximum Gasteiger partial charge on any atom is 0.182 e. The molecule has 0 radical (unpaired) electrons. The largest absolute Gasteiger partial charge is 0.606 e. The minimum absolute atomic E-state index is 0. The first-order valence-electron chi connectivity index (χ1n) is 9.42. The van der Waals surface area contributed by atoms with E-state index in [1.807, 2.05) is 31.3 Å². The van der Waals surface area contributed by atoms with Gasteiger partial charge in [-0.15, -0.1) is 0 Å². The fourth-order valence-corrected chi connectivity index (χ4v) is 6.00. The molecule has 0 aromatic heterocycles. The zero-order chi connectivity index (χ0) is 17.7. The number of piperidine rings is 3. The molecule has 4 aliphatic rings. The quantitative estimate of drug-likeness (QED) is 0.604. The van der Waals surface area contributed by atoms with Crippen LogP contribution in [0.5, 0.6) is 0 Å². The number of anilines is 2. The van der Waals surface area contributed by atoms with Crippen LogP contribution in [0.1, 0.15) is 18.4 Å². The normalized spacial score (nSPS) is 28.3. The van der Waals surface area contributed by atoms with Gasteiger partial charge in [-0.05, 0) is 55.6 Å². The summed E-state index contributed by atoms with van der Waals surface area (Å²) in [5, 5.41) is 0. The van der Waals surface area contributed by atoms with E-state index in [0.717, 1.165) is 33.3 Å². The van der Waals surface area contributed by atoms with Gasteiger partial charge in [-0.1, -0.05) is 18.2 Å². The van der Waals surface area contributed by atoms with Crippen molar-refractivity contribution in [3.63, 3.8) is 0 Å². The number of benzene rings is 2. The highest BCUT2D eigenvalue weighted by Gasteiger charge is 2.35. The first-order chi connectivity index (χ1) is 12.7. The molecule has 142 valence electrons. The molecule has 0 spiro atoms. The molecule has 3 fully saturated rings. The Bertz CT molecular complexity index is 826. The van der Waals surface area contributed by atoms with Crippen molar-refractivity contribution >= 4 is 31.0 Å². The number of fused-ring (bicyclic) bond motifs is 5. The Labute approximate surface area is 166 Å². The molecule has 0 N–H and O–H groups in total. The minimum Gasteiger partial charge on any atom is -0.606 e. The molecule has 27 heavy (non-hydrogen) atoms. The van der Waals surface area contributed by atoms with Crippen LogP contribution >= 0.6 is 0 Å². The van der Waals surface area contributed by atoms with Crippen molar-refractivity contribution in [3.8, 4) is 0 Å². The van der Waals surface area contributed by atoms with Gasteiger partial charge in [-0.25, -0.2) is 0 Å². The standard InChI is InChI=1S/C21H24N2O2S.BH3/c1-22-17-4-2-3-5-20(17)26(24)21-12-15(6-7-18(21)22)14-25-19-13-23-10-8-16(19)9-11-23;/h2-7,12,16,19H,8-11,13-14H2,1H3;1H3. The first kappa shape index (κ1) is 18.9. The van der Waals surface area contributed by atoms with Gasteiger partial charge in [-0.3, -0.25) is 0 Å². The topological polar surface area (TPSA) is 38.8 Å². The van der Waals surface area contributed by atoms with Crippen LogP contribution < -0.4 is 4.90 Å². The summed E-state index contributed by atoms with van der Waals surface area (Å²) in [6.45, 7) is 4.13. The fourth-order valence-electron chi connectivity index (χ4n) is 4.52. The van der Waals surface area contributed by atoms with Crippen molar-refractivity contribution in [3.05, 3.63) is 48.0 Å². The molecule has 2 unspecified atom stereocenters. The van der Waals surface area contributed by atoms with Gasteiger partial charge < -0.3 is 19.1 Å². The molecule has 4 nitrogen and oxygen atoms in total. The number of ether oxygens (including phenoxy) is 1. The number of hydrogen-bond donors (Lipinski definition) is 0. The van der Waals surface area contributed by atoms with E-state index in [-0.39, 0.29) is 8.41 Å². The van der Waals surface area contributed by atoms with Gasteiger partial charge in [0.1, 0.15) is 0 Å². The van der Waals surface area contributed by atoms with E-state index >= 15 is 0 Å². The molecule has 6 rings (SSSR count). The van der Waals surface area contributed by atoms with Gasteiger partial charge in [-0.2, -0.15) is 0 Å². The van der Waals surface area contributed by atoms with Crippen molar-refractivity contribution in [2.75, 3.05) is 31.6 Å². The molecule has 0 amide bonds. The first-order valence-corrected chi connectivity index (χ1v) is 10.6. The highest BCUT2D eigenvalue weighted by Crippen LogP contribution is 2.43. The van der Waals surface area contributed by atoms with Crippen molar-refractivity contribution < 1.29 is 9.29 Å². The summed E-state index contributed by atoms with van der Waals surface area (Å²) >= 11 is -1.14. The van der Waals surface area contributed by atoms with Gasteiger partial charge in [0, 0.05) is 30.8 Å². The van der Waals surface area contributed by atoms with Gasteiger partial charge in [0.05, 0.1) is 32.5 Å². The second-order valence-electron chi connectivity index (χ2n) is 7.59. The lowest BCUT2D eigenvalue weighted by Crippen LogP contribution is -2.51. The Morgan fingerprint density at radius 2 is 1.81 bits per heavy atom. The molecular weight excluding hydrogens is 355 g/mol. The molecule has 2 aromatic carbocycles. The van der Waals surface area contributed by atoms with Crippen LogP contribution in [0.3, 0.4) is 0 Å². The maximum atomic E-state index is 13.1. The van der Waals surface area contributed by atoms with E-state index in [1.54, 1.807) is 0 Å². The van der Waals surface area contributed by atoms with Crippen LogP contribution in [0.15, 0.2) is 52.3 Å². The lowest BCUT2D eigenvalue weighted by molar-refractivity contribution is -0.0766. The summed E-state index contributed by atoms with van der Waals surface area (Å²) < 4.78 is 19.3. The third-order valence-electron chi connectivity index (χ3n) is 6.07. The Hall–Kier alpha value is -1.47. The molecule has 2 bridgehead atoms. The van der Waals surface area contributed by atoms with E-state index in [0.29, 0.717) is 18.6 Å². The molecule has 0 saturated carbocycles. The second-order valence-corrected chi connectivity index (χ2v) is 9.00. The fraction of sp³-hybridized carbons (Fsp3) is 0.429. The summed E-state index contributed by atoms with van der Waals surface area (Å²) in [4.78, 5) is 6.42. The summed E-state index contributed by atoms with van der Waals surface area (Å²) in [5.41, 5.74) is 3.16. The molecule has 4 heterocycles. The predicted molar refractivity (Wildman–Crippen MR) is 113 cm³/mol. The number of hydrogen-bond acceptors (Lipinski definition) is 4. The minimum atomic E-state index is -1.14. The van der Waals surface area contributed by atoms with Crippen LogP contribution in [0.25, 0.3) is 0 Å². The summed E-state index contributed by atoms with van der Waals surface area (Å²) in [6, 6.07) is 14.2. The SMILES string of the molecule is B.CN1c2ccccc2[S+]([O-])c2cc(COC3CN4CCC3CC4)ccc21. The number of rotatable bonds is 3. The summed E-state index contributed by atoms with van der Waals surface area (Å²) in [7, 11) is 2.04. The van der Waals surface area contributed by atoms with Crippen molar-refractivity contribution in [1.29, 1.82) is 0 Å². The van der Waals surface area contributed by atoms with Crippen LogP contribution in [0.2, 0.25) is 0 Å². The highest BCUT2D eigenvalue weighted by atomic mass is 32.2. The van der Waals surface area contributed by atoms with Gasteiger partial charge in [0.25, 0.3) is 0 Å². The molecular formula is C21H27BN2O2S. The van der Waals surface area contributed by atoms with E-state index in [9.17, 15) is 4.55 Å². The van der Waals surface area contributed by atoms with Gasteiger partial charge in [0.2, 0.25) is 0 Å². The Morgan fingerprint density at radius 1 is 1.07 bits per heavy atom. The van der Waals surface area contributed by atoms with E-state index in [2.05, 4.69) is 28.0 Å². The summed E-state index contributed by atoms with van der Waals surface area (Å²) in [6.07, 6.45) is 2.88. The van der Waals surface area contributed by atoms with E-state index in [4.69, 9.17) is 4.74 Å². The summed E-state index contributed by atoms with van der Waals surface area (Å²) in [5.74, 6) is 0.713. The Balaban J connectivity index is 0.00000180. The maximum absolute atomic E-state index is 13.1. The molecule has 6 heteroatoms. The van der Waals surface area contributed by atoms with Crippen molar-refractivity contribution in [2.24, 2.45) is 5.92 Å². The van der Waals surface area contributed by atoms with E-state index < -0.39 is 11.2 Å². The van der Waals surface area contributed by atoms with E-state index in [1.165, 1.54) is 25.9 Å². The number of nitrogens with zero attached hydrogens (tertiary/aromatic N) is 2. The van der Waals surface area contributed by atoms with Crippen LogP contribution in [0.4, 0.5) is 11.4 Å². The van der Waals surface area contributed by atoms with Crippen molar-refractivity contribution in [2.45, 2.75) is 35.3 Å². The molecule has 3 saturated heterocycles. The monoisotopic (exact) mass is 382 g/mol. The lowest BCUT2D eigenvalue weighted by atomic mass is 9.86. The van der Waals surface area contributed by atoms with Gasteiger partial charge >= 0.3 is 0 Å². The van der Waals surface area contributed by atoms with Crippen LogP contribution in [0, 0.1) is 5.92 Å². The van der Waals surface area contributed by atoms with Gasteiger partial charge in [0.15, 0.2) is 9.79 Å². The smallest absolute Gasteiger partial charge is 0.182 e. The lowest BCUT2D eigenvalue weighted by Gasteiger charge is -2.44. The average Bonchev–Trinajstić information content (AvgIpc) is 2.71. The Morgan fingerprint density at radius 3 is 2.56 bits per heavy atom. The predicted octanol–water partition coefficient (Wildman–Crippen LogP) is 2.36. The molecule has 2 atom stereocenters. The number of para-hydroxylation sites is 1. The zero-order valence-corrected chi connectivity index (χ0v) is 15.9. The third-order valence-corrected chi connectivity index (χ3v) is 7.54. The molecule has 4 aliphatic heterocycles. The zero-order valence-electron chi connectivity index (χ0n) is 15.1. The molecule has 2 aromatic rings. The van der Waals surface area contributed by atoms with Crippen LogP contribution in [-0.2, 0) is 22.5 Å². The van der Waals surface area contributed by atoms with Crippen LogP contribution in [-0.4, -0.2) is 50.7 Å².